The minimum absolute atomic E-state index is 0.0867. The van der Waals surface area contributed by atoms with Gasteiger partial charge in [-0.25, -0.2) is 0 Å². The molecule has 19 heavy (non-hydrogen) atoms. The molecule has 0 aliphatic heterocycles. The summed E-state index contributed by atoms with van der Waals surface area (Å²) in [7, 11) is 1.88. The van der Waals surface area contributed by atoms with Crippen molar-refractivity contribution in [3.63, 3.8) is 0 Å². The van der Waals surface area contributed by atoms with Gasteiger partial charge < -0.3 is 10.5 Å². The van der Waals surface area contributed by atoms with Crippen molar-refractivity contribution in [3.05, 3.63) is 52.3 Å². The van der Waals surface area contributed by atoms with Gasteiger partial charge in [-0.15, -0.1) is 0 Å². The molecular formula is C14H18BrN3O. The second-order valence-electron chi connectivity index (χ2n) is 4.67. The third-order valence-electron chi connectivity index (χ3n) is 2.85. The van der Waals surface area contributed by atoms with Crippen molar-refractivity contribution in [1.82, 2.24) is 9.78 Å². The number of ether oxygens (including phenoxy) is 1. The lowest BCUT2D eigenvalue weighted by molar-refractivity contribution is 0.0258. The first-order valence-electron chi connectivity index (χ1n) is 6.16. The highest BCUT2D eigenvalue weighted by Gasteiger charge is 2.18. The zero-order valence-corrected chi connectivity index (χ0v) is 12.7. The molecule has 0 aliphatic carbocycles. The van der Waals surface area contributed by atoms with Gasteiger partial charge in [0.2, 0.25) is 0 Å². The molecule has 0 saturated heterocycles. The van der Waals surface area contributed by atoms with Crippen LogP contribution in [0.1, 0.15) is 24.2 Å². The van der Waals surface area contributed by atoms with E-state index in [1.807, 2.05) is 44.4 Å². The van der Waals surface area contributed by atoms with Crippen molar-refractivity contribution in [3.8, 4) is 0 Å². The molecule has 0 aliphatic rings. The molecule has 102 valence electrons. The molecule has 2 rings (SSSR count). The van der Waals surface area contributed by atoms with E-state index in [0.717, 1.165) is 15.6 Å². The van der Waals surface area contributed by atoms with Crippen LogP contribution in [-0.4, -0.2) is 15.8 Å². The van der Waals surface area contributed by atoms with Crippen LogP contribution in [-0.2, 0) is 18.4 Å². The zero-order chi connectivity index (χ0) is 13.8. The molecular weight excluding hydrogens is 306 g/mol. The Morgan fingerprint density at radius 3 is 2.84 bits per heavy atom. The predicted molar refractivity (Wildman–Crippen MR) is 78.5 cm³/mol. The first-order valence-corrected chi connectivity index (χ1v) is 6.95. The molecule has 1 aromatic carbocycles. The minimum atomic E-state index is -0.146. The van der Waals surface area contributed by atoms with Crippen molar-refractivity contribution in [2.45, 2.75) is 25.7 Å². The van der Waals surface area contributed by atoms with E-state index in [1.165, 1.54) is 0 Å². The van der Waals surface area contributed by atoms with Gasteiger partial charge in [0.1, 0.15) is 6.10 Å². The molecule has 0 amide bonds. The van der Waals surface area contributed by atoms with Gasteiger partial charge in [0.05, 0.1) is 12.8 Å². The Morgan fingerprint density at radius 2 is 2.26 bits per heavy atom. The topological polar surface area (TPSA) is 53.1 Å². The van der Waals surface area contributed by atoms with Crippen LogP contribution in [0.4, 0.5) is 0 Å². The smallest absolute Gasteiger partial charge is 0.101 e. The summed E-state index contributed by atoms with van der Waals surface area (Å²) in [6, 6.07) is 7.98. The van der Waals surface area contributed by atoms with Crippen LogP contribution in [0.25, 0.3) is 0 Å². The van der Waals surface area contributed by atoms with Crippen LogP contribution < -0.4 is 5.73 Å². The summed E-state index contributed by atoms with van der Waals surface area (Å²) in [5.41, 5.74) is 8.12. The maximum atomic E-state index is 6.00. The summed E-state index contributed by atoms with van der Waals surface area (Å²) in [4.78, 5) is 0. The summed E-state index contributed by atoms with van der Waals surface area (Å²) >= 11 is 3.45. The Kier molecular flexibility index (Phi) is 4.74. The first-order chi connectivity index (χ1) is 9.06. The lowest BCUT2D eigenvalue weighted by Gasteiger charge is -2.20. The highest BCUT2D eigenvalue weighted by Crippen LogP contribution is 2.22. The van der Waals surface area contributed by atoms with Gasteiger partial charge in [0, 0.05) is 29.3 Å². The summed E-state index contributed by atoms with van der Waals surface area (Å²) < 4.78 is 8.75. The third kappa shape index (κ3) is 3.89. The van der Waals surface area contributed by atoms with Crippen LogP contribution in [0.15, 0.2) is 41.1 Å². The Bertz CT molecular complexity index is 539. The first kappa shape index (κ1) is 14.2. The highest BCUT2D eigenvalue weighted by atomic mass is 79.9. The maximum absolute atomic E-state index is 6.00. The largest absolute Gasteiger partial charge is 0.367 e. The second-order valence-corrected chi connectivity index (χ2v) is 5.58. The molecule has 0 bridgehead atoms. The van der Waals surface area contributed by atoms with E-state index in [2.05, 4.69) is 21.0 Å². The van der Waals surface area contributed by atoms with Crippen molar-refractivity contribution < 1.29 is 4.74 Å². The normalized spacial score (nSPS) is 14.3. The Hall–Kier alpha value is -1.17. The minimum Gasteiger partial charge on any atom is -0.367 e. The zero-order valence-electron chi connectivity index (χ0n) is 11.1. The number of benzene rings is 1. The summed E-state index contributed by atoms with van der Waals surface area (Å²) in [5.74, 6) is 0. The summed E-state index contributed by atoms with van der Waals surface area (Å²) in [5, 5.41) is 4.16. The van der Waals surface area contributed by atoms with Crippen LogP contribution in [0.3, 0.4) is 0 Å². The fourth-order valence-corrected chi connectivity index (χ4v) is 2.40. The molecule has 2 N–H and O–H groups in total. The standard InChI is InChI=1S/C14H18BrN3O/c1-10(16)14(12-7-17-18(2)8-12)19-9-11-4-3-5-13(15)6-11/h3-8,10,14H,9,16H2,1-2H3. The monoisotopic (exact) mass is 323 g/mol. The Morgan fingerprint density at radius 1 is 1.47 bits per heavy atom. The van der Waals surface area contributed by atoms with Crippen LogP contribution in [0.5, 0.6) is 0 Å². The van der Waals surface area contributed by atoms with Gasteiger partial charge in [-0.05, 0) is 24.6 Å². The highest BCUT2D eigenvalue weighted by molar-refractivity contribution is 9.10. The van der Waals surface area contributed by atoms with E-state index in [9.17, 15) is 0 Å². The maximum Gasteiger partial charge on any atom is 0.101 e. The molecule has 4 nitrogen and oxygen atoms in total. The molecule has 2 aromatic rings. The summed E-state index contributed by atoms with van der Waals surface area (Å²) in [6.07, 6.45) is 3.59. The number of rotatable bonds is 5. The van der Waals surface area contributed by atoms with E-state index >= 15 is 0 Å². The number of hydrogen-bond acceptors (Lipinski definition) is 3. The lowest BCUT2D eigenvalue weighted by Crippen LogP contribution is -2.26. The van der Waals surface area contributed by atoms with Gasteiger partial charge in [0.25, 0.3) is 0 Å². The van der Waals surface area contributed by atoms with Gasteiger partial charge in [-0.1, -0.05) is 28.1 Å². The quantitative estimate of drug-likeness (QED) is 0.920. The van der Waals surface area contributed by atoms with Crippen LogP contribution in [0, 0.1) is 0 Å². The van der Waals surface area contributed by atoms with E-state index in [4.69, 9.17) is 10.5 Å². The fourth-order valence-electron chi connectivity index (χ4n) is 1.95. The van der Waals surface area contributed by atoms with Crippen LogP contribution in [0.2, 0.25) is 0 Å². The second kappa shape index (κ2) is 6.32. The van der Waals surface area contributed by atoms with E-state index in [-0.39, 0.29) is 12.1 Å². The summed E-state index contributed by atoms with van der Waals surface area (Å²) in [6.45, 7) is 2.47. The number of aromatic nitrogens is 2. The number of hydrogen-bond donors (Lipinski definition) is 1. The van der Waals surface area contributed by atoms with Gasteiger partial charge >= 0.3 is 0 Å². The van der Waals surface area contributed by atoms with Crippen LogP contribution >= 0.6 is 15.9 Å². The van der Waals surface area contributed by atoms with Crippen molar-refractivity contribution in [2.75, 3.05) is 0 Å². The van der Waals surface area contributed by atoms with Gasteiger partial charge in [-0.2, -0.15) is 5.10 Å². The molecule has 1 heterocycles. The van der Waals surface area contributed by atoms with E-state index < -0.39 is 0 Å². The molecule has 0 radical (unpaired) electrons. The Labute approximate surface area is 121 Å². The molecule has 0 saturated carbocycles. The molecule has 5 heteroatoms. The van der Waals surface area contributed by atoms with Gasteiger partial charge in [-0.3, -0.25) is 4.68 Å². The van der Waals surface area contributed by atoms with E-state index in [1.54, 1.807) is 10.9 Å². The molecule has 0 spiro atoms. The van der Waals surface area contributed by atoms with Crippen molar-refractivity contribution >= 4 is 15.9 Å². The fraction of sp³-hybridized carbons (Fsp3) is 0.357. The molecule has 0 fully saturated rings. The molecule has 2 atom stereocenters. The average Bonchev–Trinajstić information content (AvgIpc) is 2.76. The van der Waals surface area contributed by atoms with Crippen molar-refractivity contribution in [2.24, 2.45) is 12.8 Å². The molecule has 2 unspecified atom stereocenters. The predicted octanol–water partition coefficient (Wildman–Crippen LogP) is 2.79. The lowest BCUT2D eigenvalue weighted by atomic mass is 10.1. The van der Waals surface area contributed by atoms with Crippen molar-refractivity contribution in [1.29, 1.82) is 0 Å². The van der Waals surface area contributed by atoms with Gasteiger partial charge in [0.15, 0.2) is 0 Å². The number of aryl methyl sites for hydroxylation is 1. The van der Waals surface area contributed by atoms with E-state index in [0.29, 0.717) is 6.61 Å². The third-order valence-corrected chi connectivity index (χ3v) is 3.34. The number of halogens is 1. The number of nitrogens with two attached hydrogens (primary N) is 1. The Balaban J connectivity index is 2.06. The molecule has 1 aromatic heterocycles. The number of nitrogens with zero attached hydrogens (tertiary/aromatic N) is 2. The SMILES string of the molecule is CC(N)C(OCc1cccc(Br)c1)c1cnn(C)c1. The average molecular weight is 324 g/mol.